The third-order valence-corrected chi connectivity index (χ3v) is 6.20. The summed E-state index contributed by atoms with van der Waals surface area (Å²) in [6.07, 6.45) is -0.351. The minimum atomic E-state index is -3.85. The number of hydrogen-bond donors (Lipinski definition) is 2. The SMILES string of the molecule is C[C@@H](CC(=O)Nc1ccccc1F)S(=O)(=O)c1ccc2c(c1)NC(=O)CO2. The van der Waals surface area contributed by atoms with Crippen LogP contribution in [0.25, 0.3) is 0 Å². The van der Waals surface area contributed by atoms with Crippen LogP contribution in [-0.2, 0) is 19.4 Å². The Morgan fingerprint density at radius 3 is 2.78 bits per heavy atom. The predicted molar refractivity (Wildman–Crippen MR) is 96.9 cm³/mol. The summed E-state index contributed by atoms with van der Waals surface area (Å²) < 4.78 is 44.3. The van der Waals surface area contributed by atoms with Crippen molar-refractivity contribution in [3.63, 3.8) is 0 Å². The molecule has 1 heterocycles. The number of nitrogens with one attached hydrogen (secondary N) is 2. The van der Waals surface area contributed by atoms with Crippen LogP contribution in [0.3, 0.4) is 0 Å². The molecule has 7 nitrogen and oxygen atoms in total. The number of carbonyl (C=O) groups excluding carboxylic acids is 2. The average molecular weight is 392 g/mol. The van der Waals surface area contributed by atoms with Crippen molar-refractivity contribution in [3.05, 3.63) is 48.3 Å². The Kier molecular flexibility index (Phi) is 5.13. The van der Waals surface area contributed by atoms with Crippen molar-refractivity contribution in [3.8, 4) is 5.75 Å². The minimum Gasteiger partial charge on any atom is -0.482 e. The van der Waals surface area contributed by atoms with Gasteiger partial charge < -0.3 is 15.4 Å². The van der Waals surface area contributed by atoms with E-state index in [4.69, 9.17) is 4.74 Å². The first-order valence-corrected chi connectivity index (χ1v) is 9.67. The number of ether oxygens (including phenoxy) is 1. The topological polar surface area (TPSA) is 102 Å². The normalized spacial score (nSPS) is 14.5. The van der Waals surface area contributed by atoms with Crippen molar-refractivity contribution in [1.29, 1.82) is 0 Å². The molecule has 2 N–H and O–H groups in total. The highest BCUT2D eigenvalue weighted by Gasteiger charge is 2.28. The molecule has 0 saturated heterocycles. The summed E-state index contributed by atoms with van der Waals surface area (Å²) in [6, 6.07) is 9.73. The lowest BCUT2D eigenvalue weighted by molar-refractivity contribution is -0.118. The molecule has 0 saturated carbocycles. The Balaban J connectivity index is 1.74. The highest BCUT2D eigenvalue weighted by Crippen LogP contribution is 2.31. The highest BCUT2D eigenvalue weighted by molar-refractivity contribution is 7.92. The molecule has 0 bridgehead atoms. The largest absolute Gasteiger partial charge is 0.482 e. The summed E-state index contributed by atoms with van der Waals surface area (Å²) >= 11 is 0. The van der Waals surface area contributed by atoms with Gasteiger partial charge in [0.25, 0.3) is 5.91 Å². The van der Waals surface area contributed by atoms with Gasteiger partial charge >= 0.3 is 0 Å². The number of rotatable bonds is 5. The molecule has 27 heavy (non-hydrogen) atoms. The molecular weight excluding hydrogens is 375 g/mol. The van der Waals surface area contributed by atoms with Crippen LogP contribution in [0.4, 0.5) is 15.8 Å². The van der Waals surface area contributed by atoms with Crippen LogP contribution in [-0.4, -0.2) is 32.1 Å². The van der Waals surface area contributed by atoms with Crippen LogP contribution in [0.15, 0.2) is 47.4 Å². The van der Waals surface area contributed by atoms with Crippen LogP contribution in [0.2, 0.25) is 0 Å². The number of anilines is 2. The third-order valence-electron chi connectivity index (χ3n) is 4.06. The fourth-order valence-electron chi connectivity index (χ4n) is 2.61. The fraction of sp³-hybridized carbons (Fsp3) is 0.222. The molecule has 1 aliphatic heterocycles. The molecule has 1 aliphatic rings. The van der Waals surface area contributed by atoms with Gasteiger partial charge in [-0.1, -0.05) is 12.1 Å². The van der Waals surface area contributed by atoms with Gasteiger partial charge in [-0.3, -0.25) is 9.59 Å². The molecule has 0 unspecified atom stereocenters. The first kappa shape index (κ1) is 18.8. The van der Waals surface area contributed by atoms with Crippen LogP contribution in [0, 0.1) is 5.82 Å². The second-order valence-corrected chi connectivity index (χ2v) is 8.45. The third kappa shape index (κ3) is 4.08. The second-order valence-electron chi connectivity index (χ2n) is 6.08. The molecule has 1 atom stereocenters. The number of benzene rings is 2. The van der Waals surface area contributed by atoms with E-state index in [1.807, 2.05) is 0 Å². The first-order valence-electron chi connectivity index (χ1n) is 8.12. The molecule has 0 radical (unpaired) electrons. The monoisotopic (exact) mass is 392 g/mol. The zero-order valence-electron chi connectivity index (χ0n) is 14.4. The molecule has 142 valence electrons. The van der Waals surface area contributed by atoms with E-state index < -0.39 is 26.8 Å². The molecule has 0 spiro atoms. The van der Waals surface area contributed by atoms with E-state index >= 15 is 0 Å². The maximum Gasteiger partial charge on any atom is 0.262 e. The number of halogens is 1. The van der Waals surface area contributed by atoms with E-state index in [2.05, 4.69) is 10.6 Å². The summed E-state index contributed by atoms with van der Waals surface area (Å²) in [6.45, 7) is 1.26. The van der Waals surface area contributed by atoms with Gasteiger partial charge in [0.15, 0.2) is 16.4 Å². The van der Waals surface area contributed by atoms with Crippen LogP contribution < -0.4 is 15.4 Å². The van der Waals surface area contributed by atoms with Crippen molar-refractivity contribution in [1.82, 2.24) is 0 Å². The molecule has 2 aromatic carbocycles. The molecule has 0 aromatic heterocycles. The van der Waals surface area contributed by atoms with E-state index in [1.54, 1.807) is 6.07 Å². The van der Waals surface area contributed by atoms with E-state index in [0.717, 1.165) is 0 Å². The molecule has 9 heteroatoms. The zero-order valence-corrected chi connectivity index (χ0v) is 15.2. The van der Waals surface area contributed by atoms with Crippen LogP contribution in [0.1, 0.15) is 13.3 Å². The van der Waals surface area contributed by atoms with E-state index in [1.165, 1.54) is 43.3 Å². The second kappa shape index (κ2) is 7.36. The van der Waals surface area contributed by atoms with Crippen LogP contribution >= 0.6 is 0 Å². The lowest BCUT2D eigenvalue weighted by atomic mass is 10.2. The molecule has 0 aliphatic carbocycles. The van der Waals surface area contributed by atoms with Gasteiger partial charge in [-0.2, -0.15) is 0 Å². The molecule has 2 aromatic rings. The number of fused-ring (bicyclic) bond motifs is 1. The molecular formula is C18H17FN2O5S. The summed E-state index contributed by atoms with van der Waals surface area (Å²) in [7, 11) is -3.85. The fourth-order valence-corrected chi connectivity index (χ4v) is 3.98. The Bertz CT molecular complexity index is 1010. The van der Waals surface area contributed by atoms with Gasteiger partial charge in [0, 0.05) is 6.42 Å². The summed E-state index contributed by atoms with van der Waals surface area (Å²) in [5, 5.41) is 3.85. The van der Waals surface area contributed by atoms with E-state index in [0.29, 0.717) is 5.75 Å². The quantitative estimate of drug-likeness (QED) is 0.813. The van der Waals surface area contributed by atoms with Crippen molar-refractivity contribution < 1.29 is 27.1 Å². The van der Waals surface area contributed by atoms with Crippen molar-refractivity contribution in [2.45, 2.75) is 23.5 Å². The van der Waals surface area contributed by atoms with E-state index in [9.17, 15) is 22.4 Å². The molecule has 3 rings (SSSR count). The van der Waals surface area contributed by atoms with Crippen molar-refractivity contribution >= 4 is 33.0 Å². The number of para-hydroxylation sites is 1. The number of hydrogen-bond acceptors (Lipinski definition) is 5. The number of sulfone groups is 1. The van der Waals surface area contributed by atoms with Gasteiger partial charge in [0.05, 0.1) is 21.5 Å². The Morgan fingerprint density at radius 1 is 1.30 bits per heavy atom. The average Bonchev–Trinajstić information content (AvgIpc) is 2.62. The first-order chi connectivity index (χ1) is 12.8. The van der Waals surface area contributed by atoms with Gasteiger partial charge in [-0.05, 0) is 37.3 Å². The number of amides is 2. The lowest BCUT2D eigenvalue weighted by Gasteiger charge is -2.19. The summed E-state index contributed by atoms with van der Waals surface area (Å²) in [5.41, 5.74) is 0.246. The Morgan fingerprint density at radius 2 is 2.04 bits per heavy atom. The summed E-state index contributed by atoms with van der Waals surface area (Å²) in [5.74, 6) is -1.23. The predicted octanol–water partition coefficient (Wildman–Crippen LogP) is 2.35. The standard InChI is InChI=1S/C18H17FN2O5S/c1-11(8-17(22)20-14-5-3-2-4-13(14)19)27(24,25)12-6-7-16-15(9-12)21-18(23)10-26-16/h2-7,9,11H,8,10H2,1H3,(H,20,22)(H,21,23)/t11-/m0/s1. The van der Waals surface area contributed by atoms with Gasteiger partial charge in [-0.15, -0.1) is 0 Å². The molecule has 2 amide bonds. The Hall–Kier alpha value is -2.94. The van der Waals surface area contributed by atoms with Crippen molar-refractivity contribution in [2.24, 2.45) is 0 Å². The Labute approximate surface area is 155 Å². The zero-order chi connectivity index (χ0) is 19.6. The highest BCUT2D eigenvalue weighted by atomic mass is 32.2. The van der Waals surface area contributed by atoms with E-state index in [-0.39, 0.29) is 35.2 Å². The minimum absolute atomic E-state index is 0.0132. The maximum absolute atomic E-state index is 13.6. The smallest absolute Gasteiger partial charge is 0.262 e. The number of carbonyl (C=O) groups is 2. The van der Waals surface area contributed by atoms with Gasteiger partial charge in [0.2, 0.25) is 5.91 Å². The van der Waals surface area contributed by atoms with Gasteiger partial charge in [-0.25, -0.2) is 12.8 Å². The lowest BCUT2D eigenvalue weighted by Crippen LogP contribution is -2.27. The maximum atomic E-state index is 13.6. The van der Waals surface area contributed by atoms with Crippen molar-refractivity contribution in [2.75, 3.05) is 17.2 Å². The summed E-state index contributed by atoms with van der Waals surface area (Å²) in [4.78, 5) is 23.5. The van der Waals surface area contributed by atoms with Gasteiger partial charge in [0.1, 0.15) is 11.6 Å². The molecule has 0 fully saturated rings. The van der Waals surface area contributed by atoms with Crippen LogP contribution in [0.5, 0.6) is 5.75 Å².